The Kier molecular flexibility index (Phi) is 14.0. The molecule has 1 radical (unpaired) electrons. The molecule has 0 spiro atoms. The van der Waals surface area contributed by atoms with Gasteiger partial charge in [0.15, 0.2) is 0 Å². The average Bonchev–Trinajstić information content (AvgIpc) is 2.36. The van der Waals surface area contributed by atoms with Crippen LogP contribution in [0.15, 0.2) is 0 Å². The van der Waals surface area contributed by atoms with E-state index in [2.05, 4.69) is 25.7 Å². The lowest BCUT2D eigenvalue weighted by atomic mass is 10.1. The van der Waals surface area contributed by atoms with Gasteiger partial charge in [0.1, 0.15) is 0 Å². The molecule has 0 rings (SSSR count). The number of hydrogen-bond acceptors (Lipinski definition) is 1. The second-order valence-corrected chi connectivity index (χ2v) is 5.17. The van der Waals surface area contributed by atoms with E-state index in [4.69, 9.17) is 0 Å². The Bertz CT molecular complexity index is 119. The SMILES string of the molecule is [CH2]CN(CCCCCCC)CCCCCCC. The summed E-state index contributed by atoms with van der Waals surface area (Å²) in [6.45, 7) is 12.1. The Balaban J connectivity index is 3.30. The molecule has 0 saturated carbocycles. The second kappa shape index (κ2) is 14.0. The molecule has 0 aliphatic heterocycles. The topological polar surface area (TPSA) is 3.24 Å². The third-order valence-electron chi connectivity index (χ3n) is 3.47. The van der Waals surface area contributed by atoms with Crippen LogP contribution in [0.5, 0.6) is 0 Å². The Hall–Kier alpha value is -0.0400. The summed E-state index contributed by atoms with van der Waals surface area (Å²) in [4.78, 5) is 2.53. The van der Waals surface area contributed by atoms with Crippen LogP contribution in [-0.4, -0.2) is 24.5 Å². The van der Waals surface area contributed by atoms with Crippen molar-refractivity contribution in [2.24, 2.45) is 0 Å². The van der Waals surface area contributed by atoms with E-state index in [1.54, 1.807) is 0 Å². The van der Waals surface area contributed by atoms with E-state index in [9.17, 15) is 0 Å². The number of nitrogens with zero attached hydrogens (tertiary/aromatic N) is 1. The van der Waals surface area contributed by atoms with Gasteiger partial charge in [0.05, 0.1) is 0 Å². The van der Waals surface area contributed by atoms with Crippen molar-refractivity contribution >= 4 is 0 Å². The van der Waals surface area contributed by atoms with Gasteiger partial charge in [-0.15, -0.1) is 0 Å². The molecule has 0 aromatic rings. The van der Waals surface area contributed by atoms with Gasteiger partial charge in [0, 0.05) is 0 Å². The van der Waals surface area contributed by atoms with E-state index in [1.165, 1.54) is 77.3 Å². The highest BCUT2D eigenvalue weighted by Crippen LogP contribution is 2.06. The van der Waals surface area contributed by atoms with Crippen LogP contribution in [0, 0.1) is 6.92 Å². The minimum absolute atomic E-state index is 0.988. The Morgan fingerprint density at radius 1 is 0.647 bits per heavy atom. The maximum Gasteiger partial charge on any atom is -0.00183 e. The highest BCUT2D eigenvalue weighted by atomic mass is 15.1. The predicted molar refractivity (Wildman–Crippen MR) is 79.3 cm³/mol. The molecule has 0 bridgehead atoms. The van der Waals surface area contributed by atoms with Crippen LogP contribution in [0.1, 0.15) is 78.1 Å². The number of rotatable bonds is 13. The van der Waals surface area contributed by atoms with Crippen molar-refractivity contribution in [2.75, 3.05) is 19.6 Å². The lowest BCUT2D eigenvalue weighted by Crippen LogP contribution is -2.25. The van der Waals surface area contributed by atoms with Crippen LogP contribution in [0.3, 0.4) is 0 Å². The molecule has 0 aromatic heterocycles. The summed E-state index contributed by atoms with van der Waals surface area (Å²) < 4.78 is 0. The van der Waals surface area contributed by atoms with E-state index in [-0.39, 0.29) is 0 Å². The quantitative estimate of drug-likeness (QED) is 0.407. The fraction of sp³-hybridized carbons (Fsp3) is 0.938. The summed E-state index contributed by atoms with van der Waals surface area (Å²) in [6.07, 6.45) is 13.9. The second-order valence-electron chi connectivity index (χ2n) is 5.17. The van der Waals surface area contributed by atoms with Gasteiger partial charge in [0.25, 0.3) is 0 Å². The predicted octanol–water partition coefficient (Wildman–Crippen LogP) is 5.06. The van der Waals surface area contributed by atoms with Gasteiger partial charge in [-0.1, -0.05) is 65.2 Å². The van der Waals surface area contributed by atoms with Crippen molar-refractivity contribution < 1.29 is 0 Å². The Labute approximate surface area is 110 Å². The molecule has 0 atom stereocenters. The summed E-state index contributed by atoms with van der Waals surface area (Å²) in [5.41, 5.74) is 0. The molecule has 0 unspecified atom stereocenters. The van der Waals surface area contributed by atoms with Crippen molar-refractivity contribution in [3.63, 3.8) is 0 Å². The van der Waals surface area contributed by atoms with Gasteiger partial charge in [-0.3, -0.25) is 0 Å². The van der Waals surface area contributed by atoms with Gasteiger partial charge in [-0.25, -0.2) is 0 Å². The first-order chi connectivity index (χ1) is 8.35. The summed E-state index contributed by atoms with van der Waals surface area (Å²) in [6, 6.07) is 0. The molecule has 1 heteroatoms. The molecule has 0 fully saturated rings. The third-order valence-corrected chi connectivity index (χ3v) is 3.47. The molecule has 0 heterocycles. The normalized spacial score (nSPS) is 11.3. The minimum atomic E-state index is 0.988. The highest BCUT2D eigenvalue weighted by Gasteiger charge is 2.01. The monoisotopic (exact) mass is 240 g/mol. The lowest BCUT2D eigenvalue weighted by Gasteiger charge is -2.20. The molecule has 0 N–H and O–H groups in total. The smallest absolute Gasteiger partial charge is 0.00183 e. The molecule has 0 amide bonds. The van der Waals surface area contributed by atoms with E-state index in [0.717, 1.165) is 6.54 Å². The first kappa shape index (κ1) is 17.0. The van der Waals surface area contributed by atoms with Crippen molar-refractivity contribution in [3.8, 4) is 0 Å². The van der Waals surface area contributed by atoms with Crippen molar-refractivity contribution in [1.29, 1.82) is 0 Å². The van der Waals surface area contributed by atoms with Crippen LogP contribution in [0.25, 0.3) is 0 Å². The van der Waals surface area contributed by atoms with Gasteiger partial charge >= 0.3 is 0 Å². The molecule has 0 aliphatic rings. The van der Waals surface area contributed by atoms with E-state index in [0.29, 0.717) is 0 Å². The van der Waals surface area contributed by atoms with Crippen molar-refractivity contribution in [2.45, 2.75) is 78.1 Å². The Morgan fingerprint density at radius 2 is 1.06 bits per heavy atom. The zero-order valence-electron chi connectivity index (χ0n) is 12.3. The zero-order chi connectivity index (χ0) is 12.8. The standard InChI is InChI=1S/C16H34N/c1-4-7-9-11-13-15-17(6-3)16-14-12-10-8-5-2/h3-16H2,1-2H3. The molecule has 103 valence electrons. The first-order valence-corrected chi connectivity index (χ1v) is 7.86. The van der Waals surface area contributed by atoms with Gasteiger partial charge in [-0.05, 0) is 39.4 Å². The number of hydrogen-bond donors (Lipinski definition) is 0. The number of unbranched alkanes of at least 4 members (excludes halogenated alkanes) is 8. The van der Waals surface area contributed by atoms with Crippen molar-refractivity contribution in [1.82, 2.24) is 4.90 Å². The summed E-state index contributed by atoms with van der Waals surface area (Å²) in [5, 5.41) is 0. The molecule has 0 aromatic carbocycles. The van der Waals surface area contributed by atoms with Crippen molar-refractivity contribution in [3.05, 3.63) is 6.92 Å². The van der Waals surface area contributed by atoms with Crippen LogP contribution < -0.4 is 0 Å². The molecule has 17 heavy (non-hydrogen) atoms. The summed E-state index contributed by atoms with van der Waals surface area (Å²) >= 11 is 0. The average molecular weight is 240 g/mol. The van der Waals surface area contributed by atoms with Gasteiger partial charge < -0.3 is 4.90 Å². The summed E-state index contributed by atoms with van der Waals surface area (Å²) in [7, 11) is 0. The van der Waals surface area contributed by atoms with E-state index >= 15 is 0 Å². The van der Waals surface area contributed by atoms with Crippen LogP contribution in [0.2, 0.25) is 0 Å². The largest absolute Gasteiger partial charge is 0.303 e. The van der Waals surface area contributed by atoms with Gasteiger partial charge in [0.2, 0.25) is 0 Å². The fourth-order valence-electron chi connectivity index (χ4n) is 2.21. The lowest BCUT2D eigenvalue weighted by molar-refractivity contribution is 0.285. The third kappa shape index (κ3) is 12.2. The molecule has 0 saturated heterocycles. The maximum absolute atomic E-state index is 4.04. The fourth-order valence-corrected chi connectivity index (χ4v) is 2.21. The van der Waals surface area contributed by atoms with Crippen LogP contribution in [0.4, 0.5) is 0 Å². The summed E-state index contributed by atoms with van der Waals surface area (Å²) in [5.74, 6) is 0. The molecule has 1 nitrogen and oxygen atoms in total. The van der Waals surface area contributed by atoms with Gasteiger partial charge in [-0.2, -0.15) is 0 Å². The molecular formula is C16H34N. The maximum atomic E-state index is 4.04. The van der Waals surface area contributed by atoms with Crippen LogP contribution in [-0.2, 0) is 0 Å². The molecule has 0 aliphatic carbocycles. The molecular weight excluding hydrogens is 206 g/mol. The van der Waals surface area contributed by atoms with E-state index < -0.39 is 0 Å². The highest BCUT2D eigenvalue weighted by molar-refractivity contribution is 4.60. The first-order valence-electron chi connectivity index (χ1n) is 7.86. The van der Waals surface area contributed by atoms with Crippen LogP contribution >= 0.6 is 0 Å². The Morgan fingerprint density at radius 3 is 1.41 bits per heavy atom. The zero-order valence-corrected chi connectivity index (χ0v) is 12.3. The minimum Gasteiger partial charge on any atom is -0.303 e. The van der Waals surface area contributed by atoms with E-state index in [1.807, 2.05) is 0 Å².